The largest absolute Gasteiger partial charge is 0.327 e. The van der Waals surface area contributed by atoms with E-state index >= 15 is 0 Å². The van der Waals surface area contributed by atoms with Gasteiger partial charge in [-0.15, -0.1) is 11.3 Å². The topological polar surface area (TPSA) is 34.9 Å². The zero-order valence-corrected chi connectivity index (χ0v) is 12.1. The highest BCUT2D eigenvalue weighted by Gasteiger charge is 2.15. The number of hydrogen-bond acceptors (Lipinski definition) is 3. The fourth-order valence-corrected chi connectivity index (χ4v) is 3.20. The van der Waals surface area contributed by atoms with Crippen LogP contribution in [0.4, 0.5) is 0 Å². The van der Waals surface area contributed by atoms with Crippen LogP contribution in [0.25, 0.3) is 0 Å². The van der Waals surface area contributed by atoms with E-state index in [1.165, 1.54) is 11.3 Å². The molecule has 0 bridgehead atoms. The van der Waals surface area contributed by atoms with Gasteiger partial charge in [-0.1, -0.05) is 13.8 Å². The summed E-state index contributed by atoms with van der Waals surface area (Å²) in [5, 5.41) is 1.91. The van der Waals surface area contributed by atoms with Crippen LogP contribution >= 0.6 is 27.3 Å². The van der Waals surface area contributed by atoms with E-state index in [4.69, 9.17) is 0 Å². The first-order valence-corrected chi connectivity index (χ1v) is 7.04. The smallest absolute Gasteiger partial charge is 0.193 e. The molecular formula is C12H13BrN2OS. The molecule has 0 spiro atoms. The van der Waals surface area contributed by atoms with Gasteiger partial charge in [-0.3, -0.25) is 4.79 Å². The highest BCUT2D eigenvalue weighted by atomic mass is 79.9. The summed E-state index contributed by atoms with van der Waals surface area (Å²) in [5.74, 6) is 1.39. The lowest BCUT2D eigenvalue weighted by atomic mass is 10.2. The average Bonchev–Trinajstić information content (AvgIpc) is 2.86. The molecule has 0 radical (unpaired) electrons. The molecule has 0 amide bonds. The van der Waals surface area contributed by atoms with Crippen LogP contribution in [0.15, 0.2) is 28.3 Å². The van der Waals surface area contributed by atoms with Gasteiger partial charge in [-0.2, -0.15) is 0 Å². The fraction of sp³-hybridized carbons (Fsp3) is 0.333. The molecule has 0 fully saturated rings. The fourth-order valence-electron chi connectivity index (χ4n) is 1.67. The molecule has 2 rings (SSSR count). The molecule has 0 N–H and O–H groups in total. The standard InChI is InChI=1S/C12H13BrN2OS/c1-8(2)12-14-4-5-15(12)7-10(16)11-9(13)3-6-17-11/h3-6,8H,7H2,1-2H3. The molecule has 3 nitrogen and oxygen atoms in total. The number of thiophene rings is 1. The van der Waals surface area contributed by atoms with Crippen LogP contribution in [-0.4, -0.2) is 15.3 Å². The van der Waals surface area contributed by atoms with Gasteiger partial charge in [-0.25, -0.2) is 4.98 Å². The number of imidazole rings is 1. The van der Waals surface area contributed by atoms with Crippen molar-refractivity contribution in [2.45, 2.75) is 26.3 Å². The number of aromatic nitrogens is 2. The molecule has 0 aliphatic carbocycles. The minimum atomic E-state index is 0.117. The van der Waals surface area contributed by atoms with Crippen molar-refractivity contribution in [2.75, 3.05) is 0 Å². The summed E-state index contributed by atoms with van der Waals surface area (Å²) in [5.41, 5.74) is 0. The molecule has 2 aromatic rings. The van der Waals surface area contributed by atoms with Gasteiger partial charge in [0.2, 0.25) is 0 Å². The lowest BCUT2D eigenvalue weighted by Gasteiger charge is -2.09. The lowest BCUT2D eigenvalue weighted by molar-refractivity contribution is 0.0974. The summed E-state index contributed by atoms with van der Waals surface area (Å²) < 4.78 is 2.79. The third-order valence-electron chi connectivity index (χ3n) is 2.45. The first-order valence-electron chi connectivity index (χ1n) is 5.37. The first-order chi connectivity index (χ1) is 8.09. The second kappa shape index (κ2) is 5.14. The zero-order chi connectivity index (χ0) is 12.4. The Labute approximate surface area is 113 Å². The maximum absolute atomic E-state index is 12.1. The van der Waals surface area contributed by atoms with E-state index in [9.17, 15) is 4.79 Å². The van der Waals surface area contributed by atoms with Crippen LogP contribution in [0.1, 0.15) is 35.3 Å². The third-order valence-corrected chi connectivity index (χ3v) is 4.33. The molecule has 0 aliphatic rings. The Hall–Kier alpha value is -0.940. The van der Waals surface area contributed by atoms with Crippen LogP contribution in [0, 0.1) is 0 Å². The molecule has 0 atom stereocenters. The van der Waals surface area contributed by atoms with Crippen LogP contribution < -0.4 is 0 Å². The summed E-state index contributed by atoms with van der Waals surface area (Å²) >= 11 is 4.85. The van der Waals surface area contributed by atoms with Gasteiger partial charge in [0, 0.05) is 22.8 Å². The molecule has 0 aromatic carbocycles. The summed E-state index contributed by atoms with van der Waals surface area (Å²) in [6.07, 6.45) is 3.60. The van der Waals surface area contributed by atoms with Crippen molar-refractivity contribution in [1.82, 2.24) is 9.55 Å². The number of rotatable bonds is 4. The molecule has 90 valence electrons. The monoisotopic (exact) mass is 312 g/mol. The summed E-state index contributed by atoms with van der Waals surface area (Å²) in [7, 11) is 0. The van der Waals surface area contributed by atoms with Crippen molar-refractivity contribution < 1.29 is 4.79 Å². The van der Waals surface area contributed by atoms with Crippen LogP contribution in [0.3, 0.4) is 0 Å². The highest BCUT2D eigenvalue weighted by molar-refractivity contribution is 9.10. The molecule has 0 saturated heterocycles. The molecule has 0 aliphatic heterocycles. The van der Waals surface area contributed by atoms with E-state index in [0.717, 1.165) is 15.2 Å². The predicted octanol–water partition coefficient (Wildman–Crippen LogP) is 3.71. The highest BCUT2D eigenvalue weighted by Crippen LogP contribution is 2.24. The quantitative estimate of drug-likeness (QED) is 0.807. The van der Waals surface area contributed by atoms with E-state index in [-0.39, 0.29) is 5.78 Å². The Morgan fingerprint density at radius 3 is 2.94 bits per heavy atom. The molecular weight excluding hydrogens is 300 g/mol. The lowest BCUT2D eigenvalue weighted by Crippen LogP contribution is -2.12. The summed E-state index contributed by atoms with van der Waals surface area (Å²) in [6, 6.07) is 1.90. The number of hydrogen-bond donors (Lipinski definition) is 0. The Balaban J connectivity index is 2.19. The number of Topliss-reactive ketones (excluding diaryl/α,β-unsaturated/α-hetero) is 1. The van der Waals surface area contributed by atoms with Crippen LogP contribution in [0.2, 0.25) is 0 Å². The maximum atomic E-state index is 12.1. The zero-order valence-electron chi connectivity index (χ0n) is 9.68. The minimum absolute atomic E-state index is 0.117. The third kappa shape index (κ3) is 2.66. The number of carbonyl (C=O) groups excluding carboxylic acids is 1. The van der Waals surface area contributed by atoms with Gasteiger partial charge in [0.1, 0.15) is 5.82 Å². The van der Waals surface area contributed by atoms with Crippen molar-refractivity contribution in [3.63, 3.8) is 0 Å². The maximum Gasteiger partial charge on any atom is 0.193 e. The normalized spacial score (nSPS) is 11.1. The second-order valence-corrected chi connectivity index (χ2v) is 5.86. The number of ketones is 1. The Morgan fingerprint density at radius 2 is 2.35 bits per heavy atom. The first kappa shape index (κ1) is 12.5. The summed E-state index contributed by atoms with van der Waals surface area (Å²) in [6.45, 7) is 4.50. The molecule has 5 heteroatoms. The SMILES string of the molecule is CC(C)c1nccn1CC(=O)c1sccc1Br. The molecule has 0 unspecified atom stereocenters. The van der Waals surface area contributed by atoms with Crippen molar-refractivity contribution in [1.29, 1.82) is 0 Å². The van der Waals surface area contributed by atoms with Crippen molar-refractivity contribution in [2.24, 2.45) is 0 Å². The van der Waals surface area contributed by atoms with Crippen molar-refractivity contribution in [3.8, 4) is 0 Å². The predicted molar refractivity (Wildman–Crippen MR) is 72.7 cm³/mol. The summed E-state index contributed by atoms with van der Waals surface area (Å²) in [4.78, 5) is 17.1. The van der Waals surface area contributed by atoms with Gasteiger partial charge in [0.05, 0.1) is 11.4 Å². The number of carbonyl (C=O) groups is 1. The van der Waals surface area contributed by atoms with Gasteiger partial charge >= 0.3 is 0 Å². The number of nitrogens with zero attached hydrogens (tertiary/aromatic N) is 2. The molecule has 2 heterocycles. The van der Waals surface area contributed by atoms with Gasteiger partial charge in [-0.05, 0) is 27.4 Å². The van der Waals surface area contributed by atoms with E-state index in [1.54, 1.807) is 6.20 Å². The van der Waals surface area contributed by atoms with Crippen LogP contribution in [-0.2, 0) is 6.54 Å². The number of halogens is 1. The Kier molecular flexibility index (Phi) is 3.79. The van der Waals surface area contributed by atoms with Crippen molar-refractivity contribution >= 4 is 33.0 Å². The Morgan fingerprint density at radius 1 is 1.59 bits per heavy atom. The average molecular weight is 313 g/mol. The molecule has 17 heavy (non-hydrogen) atoms. The van der Waals surface area contributed by atoms with Gasteiger partial charge < -0.3 is 4.57 Å². The molecule has 2 aromatic heterocycles. The van der Waals surface area contributed by atoms with Crippen LogP contribution in [0.5, 0.6) is 0 Å². The molecule has 0 saturated carbocycles. The van der Waals surface area contributed by atoms with E-state index < -0.39 is 0 Å². The van der Waals surface area contributed by atoms with Crippen molar-refractivity contribution in [3.05, 3.63) is 39.0 Å². The van der Waals surface area contributed by atoms with E-state index in [1.807, 2.05) is 22.2 Å². The Bertz CT molecular complexity index is 530. The van der Waals surface area contributed by atoms with Gasteiger partial charge in [0.25, 0.3) is 0 Å². The minimum Gasteiger partial charge on any atom is -0.327 e. The van der Waals surface area contributed by atoms with Gasteiger partial charge in [0.15, 0.2) is 5.78 Å². The van der Waals surface area contributed by atoms with E-state index in [0.29, 0.717) is 12.5 Å². The second-order valence-electron chi connectivity index (χ2n) is 4.09. The van der Waals surface area contributed by atoms with E-state index in [2.05, 4.69) is 34.8 Å².